The lowest BCUT2D eigenvalue weighted by atomic mass is 10.0. The van der Waals surface area contributed by atoms with Crippen molar-refractivity contribution in [2.45, 2.75) is 18.5 Å². The Morgan fingerprint density at radius 1 is 1.30 bits per heavy atom. The van der Waals surface area contributed by atoms with Crippen molar-refractivity contribution in [3.05, 3.63) is 39.9 Å². The van der Waals surface area contributed by atoms with E-state index in [1.54, 1.807) is 0 Å². The van der Waals surface area contributed by atoms with Gasteiger partial charge in [0.1, 0.15) is 10.7 Å². The third-order valence-corrected chi connectivity index (χ3v) is 3.45. The normalized spacial score (nSPS) is 12.3. The Morgan fingerprint density at radius 3 is 2.33 bits per heavy atom. The fraction of sp³-hybridized carbons (Fsp3) is 0.286. The van der Waals surface area contributed by atoms with E-state index in [0.29, 0.717) is 5.56 Å². The molecule has 0 aliphatic heterocycles. The molecule has 13 heteroatoms. The number of nitro groups is 1. The van der Waals surface area contributed by atoms with Crippen LogP contribution in [0.15, 0.2) is 29.3 Å². The molecule has 12 nitrogen and oxygen atoms in total. The van der Waals surface area contributed by atoms with Gasteiger partial charge in [-0.1, -0.05) is 12.2 Å². The highest BCUT2D eigenvalue weighted by Crippen LogP contribution is 2.18. The number of nitrogens with two attached hydrogens (primary N) is 3. The lowest BCUT2D eigenvalue weighted by Gasteiger charge is -2.25. The van der Waals surface area contributed by atoms with Crippen LogP contribution in [0, 0.1) is 10.1 Å². The number of nitrogens with one attached hydrogen (secondary N) is 1. The van der Waals surface area contributed by atoms with E-state index in [2.05, 4.69) is 4.99 Å². The number of aliphatic carboxylic acids is 1. The SMILES string of the molecule is NC(=S)c1ccc(OC(=O)NC(CCC[N+](=O)[O-])(N=C(N)N)C(=O)O)cc1. The fourth-order valence-corrected chi connectivity index (χ4v) is 2.16. The van der Waals surface area contributed by atoms with E-state index in [1.807, 2.05) is 5.32 Å². The number of guanidine groups is 1. The van der Waals surface area contributed by atoms with Gasteiger partial charge in [-0.3, -0.25) is 15.4 Å². The van der Waals surface area contributed by atoms with Gasteiger partial charge < -0.3 is 27.0 Å². The predicted molar refractivity (Wildman–Crippen MR) is 98.8 cm³/mol. The van der Waals surface area contributed by atoms with Gasteiger partial charge in [-0.25, -0.2) is 14.6 Å². The number of hydrogen-bond donors (Lipinski definition) is 5. The van der Waals surface area contributed by atoms with Gasteiger partial charge >= 0.3 is 12.1 Å². The summed E-state index contributed by atoms with van der Waals surface area (Å²) in [6, 6.07) is 5.79. The molecule has 8 N–H and O–H groups in total. The lowest BCUT2D eigenvalue weighted by molar-refractivity contribution is -0.480. The number of ether oxygens (including phenoxy) is 1. The summed E-state index contributed by atoms with van der Waals surface area (Å²) in [5.41, 5.74) is 14.2. The number of rotatable bonds is 9. The van der Waals surface area contributed by atoms with Crippen molar-refractivity contribution in [2.24, 2.45) is 22.2 Å². The summed E-state index contributed by atoms with van der Waals surface area (Å²) in [6.07, 6.45) is -1.82. The molecule has 0 bridgehead atoms. The van der Waals surface area contributed by atoms with Crippen LogP contribution in [-0.4, -0.2) is 45.2 Å². The van der Waals surface area contributed by atoms with Gasteiger partial charge in [-0.2, -0.15) is 0 Å². The standard InChI is InChI=1S/C14H18N6O6S/c15-10(27)8-2-4-9(5-3-8)26-13(23)19-14(11(21)22,18-12(16)17)6-1-7-20(24)25/h2-5H,1,6-7H2,(H2,15,27)(H,19,23)(H,21,22)(H4,16,17,18). The number of aliphatic imine (C=N–C) groups is 1. The van der Waals surface area contributed by atoms with E-state index in [9.17, 15) is 24.8 Å². The first-order chi connectivity index (χ1) is 12.6. The zero-order valence-corrected chi connectivity index (χ0v) is 14.8. The number of amides is 1. The summed E-state index contributed by atoms with van der Waals surface area (Å²) in [4.78, 5) is 37.3. The number of carboxylic acids is 1. The maximum Gasteiger partial charge on any atom is 0.414 e. The number of carbonyl (C=O) groups excluding carboxylic acids is 1. The van der Waals surface area contributed by atoms with Gasteiger partial charge in [0, 0.05) is 23.3 Å². The molecule has 1 rings (SSSR count). The number of hydrogen-bond acceptors (Lipinski definition) is 7. The molecule has 1 aromatic rings. The van der Waals surface area contributed by atoms with Crippen LogP contribution < -0.4 is 27.3 Å². The van der Waals surface area contributed by atoms with Crippen LogP contribution in [0.5, 0.6) is 5.75 Å². The smallest absolute Gasteiger partial charge is 0.414 e. The molecule has 146 valence electrons. The number of thiocarbonyl (C=S) groups is 1. The average Bonchev–Trinajstić information content (AvgIpc) is 2.53. The van der Waals surface area contributed by atoms with E-state index in [1.165, 1.54) is 24.3 Å². The van der Waals surface area contributed by atoms with Gasteiger partial charge in [-0.05, 0) is 24.3 Å². The molecule has 0 saturated carbocycles. The summed E-state index contributed by atoms with van der Waals surface area (Å²) in [6.45, 7) is -0.536. The molecule has 0 fully saturated rings. The van der Waals surface area contributed by atoms with Crippen molar-refractivity contribution in [2.75, 3.05) is 6.54 Å². The first-order valence-corrected chi connectivity index (χ1v) is 7.82. The van der Waals surface area contributed by atoms with Crippen LogP contribution in [0.25, 0.3) is 0 Å². The van der Waals surface area contributed by atoms with E-state index in [-0.39, 0.29) is 17.2 Å². The minimum absolute atomic E-state index is 0.0711. The Balaban J connectivity index is 2.96. The van der Waals surface area contributed by atoms with Crippen molar-refractivity contribution in [1.29, 1.82) is 0 Å². The molecule has 0 aliphatic carbocycles. The van der Waals surface area contributed by atoms with Crippen LogP contribution >= 0.6 is 12.2 Å². The molecule has 1 aromatic carbocycles. The molecule has 0 saturated heterocycles. The van der Waals surface area contributed by atoms with E-state index in [4.69, 9.17) is 34.2 Å². The first kappa shape index (κ1) is 21.6. The van der Waals surface area contributed by atoms with Crippen LogP contribution in [0.4, 0.5) is 4.79 Å². The van der Waals surface area contributed by atoms with E-state index >= 15 is 0 Å². The summed E-state index contributed by atoms with van der Waals surface area (Å²) >= 11 is 4.80. The second-order valence-corrected chi connectivity index (χ2v) is 5.70. The van der Waals surface area contributed by atoms with Gasteiger partial charge in [0.2, 0.25) is 12.2 Å². The predicted octanol–water partition coefficient (Wildman–Crippen LogP) is -0.480. The molecule has 0 radical (unpaired) electrons. The number of carboxylic acid groups (broad SMARTS) is 1. The quantitative estimate of drug-likeness (QED) is 0.118. The first-order valence-electron chi connectivity index (χ1n) is 7.41. The van der Waals surface area contributed by atoms with Crippen LogP contribution in [0.1, 0.15) is 18.4 Å². The van der Waals surface area contributed by atoms with Crippen molar-refractivity contribution in [3.63, 3.8) is 0 Å². The van der Waals surface area contributed by atoms with Gasteiger partial charge in [0.05, 0.1) is 0 Å². The minimum Gasteiger partial charge on any atom is -0.478 e. The highest BCUT2D eigenvalue weighted by molar-refractivity contribution is 7.80. The topological polar surface area (TPSA) is 209 Å². The Kier molecular flexibility index (Phi) is 7.41. The molecule has 0 aromatic heterocycles. The lowest BCUT2D eigenvalue weighted by Crippen LogP contribution is -2.55. The highest BCUT2D eigenvalue weighted by Gasteiger charge is 2.41. The molecule has 27 heavy (non-hydrogen) atoms. The maximum atomic E-state index is 12.1. The summed E-state index contributed by atoms with van der Waals surface area (Å²) < 4.78 is 4.98. The molecule has 1 unspecified atom stereocenters. The Labute approximate surface area is 158 Å². The summed E-state index contributed by atoms with van der Waals surface area (Å²) in [7, 11) is 0. The Hall–Kier alpha value is -3.48. The third-order valence-electron chi connectivity index (χ3n) is 3.21. The van der Waals surface area contributed by atoms with Gasteiger partial charge in [-0.15, -0.1) is 0 Å². The van der Waals surface area contributed by atoms with Crippen molar-refractivity contribution >= 4 is 35.2 Å². The van der Waals surface area contributed by atoms with Crippen molar-refractivity contribution in [3.8, 4) is 5.75 Å². The van der Waals surface area contributed by atoms with Gasteiger partial charge in [0.25, 0.3) is 0 Å². The van der Waals surface area contributed by atoms with E-state index in [0.717, 1.165) is 0 Å². The molecule has 1 atom stereocenters. The van der Waals surface area contributed by atoms with Crippen LogP contribution in [0.3, 0.4) is 0 Å². The monoisotopic (exact) mass is 398 g/mol. The molecule has 0 spiro atoms. The summed E-state index contributed by atoms with van der Waals surface area (Å²) in [5, 5.41) is 22.0. The van der Waals surface area contributed by atoms with Crippen molar-refractivity contribution < 1.29 is 24.4 Å². The molecular formula is C14H18N6O6S. The second-order valence-electron chi connectivity index (χ2n) is 5.27. The highest BCUT2D eigenvalue weighted by atomic mass is 32.1. The number of nitrogens with zero attached hydrogens (tertiary/aromatic N) is 2. The molecule has 0 aliphatic rings. The van der Waals surface area contributed by atoms with E-state index < -0.39 is 41.6 Å². The second kappa shape index (κ2) is 9.28. The third kappa shape index (κ3) is 6.74. The zero-order chi connectivity index (χ0) is 20.6. The van der Waals surface area contributed by atoms with Gasteiger partial charge in [0.15, 0.2) is 5.96 Å². The minimum atomic E-state index is -2.31. The average molecular weight is 398 g/mol. The largest absolute Gasteiger partial charge is 0.478 e. The molecule has 0 heterocycles. The molecular weight excluding hydrogens is 380 g/mol. The Morgan fingerprint density at radius 2 is 1.89 bits per heavy atom. The van der Waals surface area contributed by atoms with Crippen molar-refractivity contribution in [1.82, 2.24) is 5.32 Å². The maximum absolute atomic E-state index is 12.1. The van der Waals surface area contributed by atoms with Crippen LogP contribution in [-0.2, 0) is 4.79 Å². The summed E-state index contributed by atoms with van der Waals surface area (Å²) in [5.74, 6) is -2.17. The fourth-order valence-electron chi connectivity index (χ4n) is 2.03. The molecule has 1 amide bonds. The van der Waals surface area contributed by atoms with Crippen LogP contribution in [0.2, 0.25) is 0 Å². The Bertz CT molecular complexity index is 764. The number of benzene rings is 1. The zero-order valence-electron chi connectivity index (χ0n) is 14.0. The number of carbonyl (C=O) groups is 2.